The summed E-state index contributed by atoms with van der Waals surface area (Å²) in [7, 11) is 1.51. The van der Waals surface area contributed by atoms with Gasteiger partial charge < -0.3 is 10.2 Å². The predicted molar refractivity (Wildman–Crippen MR) is 75.0 cm³/mol. The summed E-state index contributed by atoms with van der Waals surface area (Å²) in [5, 5.41) is 7.07. The normalized spacial score (nSPS) is 10.9. The van der Waals surface area contributed by atoms with E-state index >= 15 is 0 Å². The van der Waals surface area contributed by atoms with E-state index in [0.29, 0.717) is 12.5 Å². The molecule has 0 saturated heterocycles. The highest BCUT2D eigenvalue weighted by atomic mass is 19.3. The lowest BCUT2D eigenvalue weighted by atomic mass is 10.5. The van der Waals surface area contributed by atoms with Gasteiger partial charge in [0.05, 0.1) is 6.54 Å². The molecule has 2 heterocycles. The van der Waals surface area contributed by atoms with Gasteiger partial charge in [0.25, 0.3) is 12.4 Å². The average Bonchev–Trinajstić information content (AvgIpc) is 2.98. The van der Waals surface area contributed by atoms with Gasteiger partial charge in [-0.05, 0) is 12.5 Å². The number of nitrogens with one attached hydrogen (secondary N) is 1. The molecule has 21 heavy (non-hydrogen) atoms. The minimum absolute atomic E-state index is 0.175. The van der Waals surface area contributed by atoms with Gasteiger partial charge in [-0.2, -0.15) is 20.1 Å². The quantitative estimate of drug-likeness (QED) is 0.836. The highest BCUT2D eigenvalue weighted by Gasteiger charge is 2.15. The molecule has 0 bridgehead atoms. The van der Waals surface area contributed by atoms with E-state index in [-0.39, 0.29) is 11.9 Å². The molecule has 0 aliphatic carbocycles. The molecule has 0 radical (unpaired) electrons. The smallest absolute Gasteiger partial charge is 0.257 e. The molecule has 114 valence electrons. The third-order valence-electron chi connectivity index (χ3n) is 2.61. The van der Waals surface area contributed by atoms with E-state index in [4.69, 9.17) is 0 Å². The maximum absolute atomic E-state index is 12.5. The number of aromatic nitrogens is 5. The molecule has 0 amide bonds. The first-order valence-electron chi connectivity index (χ1n) is 6.59. The van der Waals surface area contributed by atoms with E-state index in [9.17, 15) is 8.78 Å². The Bertz CT molecular complexity index is 559. The number of halogens is 2. The van der Waals surface area contributed by atoms with Crippen LogP contribution < -0.4 is 10.2 Å². The molecule has 9 heteroatoms. The lowest BCUT2D eigenvalue weighted by Crippen LogP contribution is -2.27. The van der Waals surface area contributed by atoms with Crippen molar-refractivity contribution in [1.82, 2.24) is 24.7 Å². The monoisotopic (exact) mass is 297 g/mol. The Hall–Kier alpha value is -2.32. The van der Waals surface area contributed by atoms with Gasteiger partial charge >= 0.3 is 0 Å². The maximum Gasteiger partial charge on any atom is 0.257 e. The summed E-state index contributed by atoms with van der Waals surface area (Å²) < 4.78 is 26.5. The summed E-state index contributed by atoms with van der Waals surface area (Å²) in [5.74, 6) is 0.799. The summed E-state index contributed by atoms with van der Waals surface area (Å²) in [6.45, 7) is 2.24. The molecule has 0 saturated carbocycles. The molecule has 0 fully saturated rings. The number of nitrogens with zero attached hydrogens (tertiary/aromatic N) is 6. The van der Waals surface area contributed by atoms with Crippen molar-refractivity contribution in [2.24, 2.45) is 0 Å². The number of hydrogen-bond donors (Lipinski definition) is 1. The second-order valence-corrected chi connectivity index (χ2v) is 4.41. The molecule has 1 N–H and O–H groups in total. The second-order valence-electron chi connectivity index (χ2n) is 4.41. The van der Waals surface area contributed by atoms with Crippen molar-refractivity contribution in [3.63, 3.8) is 0 Å². The lowest BCUT2D eigenvalue weighted by Gasteiger charge is -2.17. The fourth-order valence-electron chi connectivity index (χ4n) is 1.62. The lowest BCUT2D eigenvalue weighted by molar-refractivity contribution is 0.156. The molecule has 0 spiro atoms. The molecule has 2 aromatic heterocycles. The molecular formula is C12H17F2N7. The fraction of sp³-hybridized carbons (Fsp3) is 0.500. The first kappa shape index (κ1) is 15.1. The van der Waals surface area contributed by atoms with Gasteiger partial charge in [0.15, 0.2) is 0 Å². The zero-order valence-electron chi connectivity index (χ0n) is 11.9. The third-order valence-corrected chi connectivity index (χ3v) is 2.61. The van der Waals surface area contributed by atoms with Crippen molar-refractivity contribution in [3.05, 3.63) is 18.5 Å². The minimum Gasteiger partial charge on any atom is -0.354 e. The van der Waals surface area contributed by atoms with Crippen LogP contribution in [-0.4, -0.2) is 51.3 Å². The van der Waals surface area contributed by atoms with Crippen LogP contribution in [0.5, 0.6) is 0 Å². The molecule has 2 rings (SSSR count). The van der Waals surface area contributed by atoms with Crippen LogP contribution in [0.15, 0.2) is 18.5 Å². The van der Waals surface area contributed by atoms with Crippen LogP contribution in [0, 0.1) is 0 Å². The number of alkyl halides is 2. The Balaban J connectivity index is 2.32. The van der Waals surface area contributed by atoms with Crippen LogP contribution >= 0.6 is 0 Å². The van der Waals surface area contributed by atoms with Crippen molar-refractivity contribution in [1.29, 1.82) is 0 Å². The Morgan fingerprint density at radius 1 is 1.33 bits per heavy atom. The van der Waals surface area contributed by atoms with E-state index in [1.54, 1.807) is 18.5 Å². The van der Waals surface area contributed by atoms with Gasteiger partial charge in [0, 0.05) is 26.0 Å². The zero-order chi connectivity index (χ0) is 15.2. The average molecular weight is 297 g/mol. The van der Waals surface area contributed by atoms with Crippen molar-refractivity contribution in [3.8, 4) is 5.95 Å². The summed E-state index contributed by atoms with van der Waals surface area (Å²) in [6.07, 6.45) is 1.69. The van der Waals surface area contributed by atoms with Crippen LogP contribution in [0.3, 0.4) is 0 Å². The van der Waals surface area contributed by atoms with Crippen LogP contribution in [0.2, 0.25) is 0 Å². The zero-order valence-corrected chi connectivity index (χ0v) is 11.9. The van der Waals surface area contributed by atoms with Gasteiger partial charge in [-0.3, -0.25) is 0 Å². The molecule has 0 aliphatic heterocycles. The van der Waals surface area contributed by atoms with E-state index in [0.717, 1.165) is 6.42 Å². The van der Waals surface area contributed by atoms with E-state index in [1.165, 1.54) is 16.6 Å². The number of hydrogen-bond acceptors (Lipinski definition) is 6. The molecule has 7 nitrogen and oxygen atoms in total. The van der Waals surface area contributed by atoms with Gasteiger partial charge in [0.2, 0.25) is 11.9 Å². The number of rotatable bonds is 7. The molecule has 0 aromatic carbocycles. The Labute approximate surface area is 121 Å². The Morgan fingerprint density at radius 2 is 2.14 bits per heavy atom. The molecule has 2 aromatic rings. The molecule has 0 aliphatic rings. The van der Waals surface area contributed by atoms with Crippen LogP contribution in [0.4, 0.5) is 20.7 Å². The van der Waals surface area contributed by atoms with Crippen molar-refractivity contribution >= 4 is 11.9 Å². The largest absolute Gasteiger partial charge is 0.354 e. The fourth-order valence-corrected chi connectivity index (χ4v) is 1.62. The third kappa shape index (κ3) is 4.07. The summed E-state index contributed by atoms with van der Waals surface area (Å²) >= 11 is 0. The summed E-state index contributed by atoms with van der Waals surface area (Å²) in [4.78, 5) is 13.8. The molecule has 0 atom stereocenters. The van der Waals surface area contributed by atoms with Gasteiger partial charge in [-0.25, -0.2) is 13.5 Å². The van der Waals surface area contributed by atoms with Crippen molar-refractivity contribution in [2.45, 2.75) is 19.8 Å². The Kier molecular flexibility index (Phi) is 4.96. The highest BCUT2D eigenvalue weighted by Crippen LogP contribution is 2.13. The highest BCUT2D eigenvalue weighted by molar-refractivity contribution is 5.39. The van der Waals surface area contributed by atoms with Crippen molar-refractivity contribution < 1.29 is 8.78 Å². The van der Waals surface area contributed by atoms with E-state index < -0.39 is 13.0 Å². The first-order valence-corrected chi connectivity index (χ1v) is 6.59. The summed E-state index contributed by atoms with van der Waals surface area (Å²) in [6, 6.07) is 1.73. The minimum atomic E-state index is -2.47. The summed E-state index contributed by atoms with van der Waals surface area (Å²) in [5.41, 5.74) is 0. The first-order chi connectivity index (χ1) is 10.1. The van der Waals surface area contributed by atoms with Crippen molar-refractivity contribution in [2.75, 3.05) is 30.4 Å². The molecule has 0 unspecified atom stereocenters. The van der Waals surface area contributed by atoms with E-state index in [1.807, 2.05) is 6.92 Å². The van der Waals surface area contributed by atoms with Crippen LogP contribution in [-0.2, 0) is 0 Å². The van der Waals surface area contributed by atoms with Gasteiger partial charge in [-0.1, -0.05) is 6.92 Å². The number of anilines is 2. The second kappa shape index (κ2) is 6.91. The van der Waals surface area contributed by atoms with E-state index in [2.05, 4.69) is 25.4 Å². The van der Waals surface area contributed by atoms with Crippen LogP contribution in [0.25, 0.3) is 5.95 Å². The molecular weight excluding hydrogens is 280 g/mol. The SMILES string of the molecule is CCCNc1nc(N(C)CC(F)F)nc(-n2cccn2)n1. The standard InChI is InChI=1S/C12H17F2N7/c1-3-5-15-10-17-11(20(2)8-9(13)14)19-12(18-10)21-7-4-6-16-21/h4,6-7,9H,3,5,8H2,1-2H3,(H,15,17,18,19). The van der Waals surface area contributed by atoms with Gasteiger partial charge in [-0.15, -0.1) is 0 Å². The maximum atomic E-state index is 12.5. The Morgan fingerprint density at radius 3 is 2.76 bits per heavy atom. The van der Waals surface area contributed by atoms with Crippen LogP contribution in [0.1, 0.15) is 13.3 Å². The topological polar surface area (TPSA) is 71.8 Å². The predicted octanol–water partition coefficient (Wildman–Crippen LogP) is 1.58. The van der Waals surface area contributed by atoms with Gasteiger partial charge in [0.1, 0.15) is 0 Å².